The maximum absolute atomic E-state index is 11.5. The van der Waals surface area contributed by atoms with E-state index in [9.17, 15) is 15.2 Å². The standard InChI is InChI=1S/C15H21N2O4/c1-10-5-3-4-6-12(10)16-13-8-7-11(15(18)21-2)9-14(13)17(19)20/h7-10,12,16,19H,3-6H2,1-2H3/q-1. The Morgan fingerprint density at radius 2 is 2.14 bits per heavy atom. The monoisotopic (exact) mass is 293 g/mol. The lowest BCUT2D eigenvalue weighted by Crippen LogP contribution is -2.31. The van der Waals surface area contributed by atoms with Crippen LogP contribution >= 0.6 is 0 Å². The first-order chi connectivity index (χ1) is 10.0. The van der Waals surface area contributed by atoms with E-state index in [2.05, 4.69) is 17.0 Å². The molecule has 1 aromatic carbocycles. The van der Waals surface area contributed by atoms with Crippen LogP contribution in [0.15, 0.2) is 18.2 Å². The van der Waals surface area contributed by atoms with E-state index in [0.29, 0.717) is 11.6 Å². The van der Waals surface area contributed by atoms with Gasteiger partial charge < -0.3 is 20.5 Å². The molecular formula is C15H21N2O4-. The lowest BCUT2D eigenvalue weighted by Gasteiger charge is -2.33. The van der Waals surface area contributed by atoms with Crippen molar-refractivity contribution < 1.29 is 14.7 Å². The van der Waals surface area contributed by atoms with Crippen molar-refractivity contribution in [1.82, 2.24) is 0 Å². The van der Waals surface area contributed by atoms with Gasteiger partial charge in [-0.05, 0) is 37.0 Å². The summed E-state index contributed by atoms with van der Waals surface area (Å²) in [6, 6.07) is 4.80. The van der Waals surface area contributed by atoms with E-state index >= 15 is 0 Å². The van der Waals surface area contributed by atoms with Crippen LogP contribution in [0.4, 0.5) is 11.4 Å². The summed E-state index contributed by atoms with van der Waals surface area (Å²) in [4.78, 5) is 11.5. The Bertz CT molecular complexity index is 504. The summed E-state index contributed by atoms with van der Waals surface area (Å²) in [7, 11) is 1.27. The summed E-state index contributed by atoms with van der Waals surface area (Å²) in [5.41, 5.74) is 0.777. The second kappa shape index (κ2) is 6.78. The van der Waals surface area contributed by atoms with Gasteiger partial charge in [-0.2, -0.15) is 0 Å². The fraction of sp³-hybridized carbons (Fsp3) is 0.533. The van der Waals surface area contributed by atoms with Gasteiger partial charge in [0, 0.05) is 6.04 Å². The average molecular weight is 293 g/mol. The predicted octanol–water partition coefficient (Wildman–Crippen LogP) is 3.16. The number of anilines is 2. The molecule has 6 heteroatoms. The van der Waals surface area contributed by atoms with E-state index in [0.717, 1.165) is 19.3 Å². The molecule has 116 valence electrons. The summed E-state index contributed by atoms with van der Waals surface area (Å²) < 4.78 is 4.62. The maximum atomic E-state index is 11.5. The SMILES string of the molecule is COC(=O)c1ccc(NC2CCCCC2C)c(N([O-])O)c1. The zero-order valence-electron chi connectivity index (χ0n) is 12.3. The largest absolute Gasteiger partial charge is 0.733 e. The van der Waals surface area contributed by atoms with Crippen molar-refractivity contribution in [2.45, 2.75) is 38.6 Å². The number of carbonyl (C=O) groups is 1. The highest BCUT2D eigenvalue weighted by atomic mass is 16.8. The van der Waals surface area contributed by atoms with Crippen LogP contribution in [-0.2, 0) is 4.74 Å². The number of ether oxygens (including phenoxy) is 1. The number of benzene rings is 1. The van der Waals surface area contributed by atoms with Crippen LogP contribution < -0.4 is 10.5 Å². The Morgan fingerprint density at radius 1 is 1.43 bits per heavy atom. The van der Waals surface area contributed by atoms with Crippen LogP contribution in [-0.4, -0.2) is 24.3 Å². The van der Waals surface area contributed by atoms with Gasteiger partial charge in [0.1, 0.15) is 0 Å². The molecule has 6 nitrogen and oxygen atoms in total. The Balaban J connectivity index is 2.23. The molecule has 0 saturated heterocycles. The molecule has 1 fully saturated rings. The molecule has 0 amide bonds. The van der Waals surface area contributed by atoms with E-state index in [1.54, 1.807) is 12.1 Å². The van der Waals surface area contributed by atoms with Crippen LogP contribution in [0, 0.1) is 11.1 Å². The van der Waals surface area contributed by atoms with Gasteiger partial charge in [0.2, 0.25) is 0 Å². The fourth-order valence-corrected chi connectivity index (χ4v) is 2.79. The molecule has 0 bridgehead atoms. The molecule has 1 aliphatic rings. The Morgan fingerprint density at radius 3 is 2.76 bits per heavy atom. The van der Waals surface area contributed by atoms with Crippen molar-refractivity contribution in [3.63, 3.8) is 0 Å². The van der Waals surface area contributed by atoms with Gasteiger partial charge in [-0.3, -0.25) is 5.21 Å². The molecule has 0 spiro atoms. The number of methoxy groups -OCH3 is 1. The van der Waals surface area contributed by atoms with Crippen molar-refractivity contribution in [2.24, 2.45) is 5.92 Å². The van der Waals surface area contributed by atoms with Gasteiger partial charge >= 0.3 is 5.97 Å². The summed E-state index contributed by atoms with van der Waals surface area (Å²) in [6.45, 7) is 2.17. The van der Waals surface area contributed by atoms with Crippen LogP contribution in [0.3, 0.4) is 0 Å². The first-order valence-corrected chi connectivity index (χ1v) is 7.18. The number of hydrogen-bond donors (Lipinski definition) is 2. The number of nitrogens with zero attached hydrogens (tertiary/aromatic N) is 1. The topological polar surface area (TPSA) is 84.9 Å². The van der Waals surface area contributed by atoms with Crippen LogP contribution in [0.5, 0.6) is 0 Å². The average Bonchev–Trinajstić information content (AvgIpc) is 2.49. The first kappa shape index (κ1) is 15.6. The molecule has 0 radical (unpaired) electrons. The molecule has 0 aliphatic heterocycles. The molecule has 0 heterocycles. The molecule has 2 atom stereocenters. The van der Waals surface area contributed by atoms with E-state index in [-0.39, 0.29) is 22.5 Å². The summed E-state index contributed by atoms with van der Waals surface area (Å²) in [5, 5.41) is 23.7. The molecule has 0 aromatic heterocycles. The Kier molecular flexibility index (Phi) is 5.03. The van der Waals surface area contributed by atoms with E-state index in [1.807, 2.05) is 0 Å². The lowest BCUT2D eigenvalue weighted by atomic mass is 9.86. The quantitative estimate of drug-likeness (QED) is 0.655. The van der Waals surface area contributed by atoms with Gasteiger partial charge in [-0.25, -0.2) is 4.79 Å². The van der Waals surface area contributed by atoms with Crippen molar-refractivity contribution >= 4 is 17.3 Å². The zero-order chi connectivity index (χ0) is 15.4. The minimum Gasteiger partial charge on any atom is -0.733 e. The summed E-state index contributed by atoms with van der Waals surface area (Å²) in [6.07, 6.45) is 4.55. The predicted molar refractivity (Wildman–Crippen MR) is 80.5 cm³/mol. The highest BCUT2D eigenvalue weighted by molar-refractivity contribution is 5.92. The summed E-state index contributed by atoms with van der Waals surface area (Å²) >= 11 is 0. The van der Waals surface area contributed by atoms with Crippen molar-refractivity contribution in [2.75, 3.05) is 17.7 Å². The van der Waals surface area contributed by atoms with Crippen LogP contribution in [0.2, 0.25) is 0 Å². The molecule has 2 rings (SSSR count). The number of hydrogen-bond acceptors (Lipinski definition) is 6. The lowest BCUT2D eigenvalue weighted by molar-refractivity contribution is 0.0601. The van der Waals surface area contributed by atoms with Crippen molar-refractivity contribution in [3.05, 3.63) is 29.0 Å². The third-order valence-electron chi connectivity index (χ3n) is 4.08. The normalized spacial score (nSPS) is 21.7. The van der Waals surface area contributed by atoms with Gasteiger partial charge in [0.15, 0.2) is 0 Å². The minimum atomic E-state index is -0.546. The van der Waals surface area contributed by atoms with Gasteiger partial charge in [0.05, 0.1) is 24.0 Å². The number of nitrogens with one attached hydrogen (secondary N) is 1. The molecule has 1 saturated carbocycles. The molecule has 2 unspecified atom stereocenters. The van der Waals surface area contributed by atoms with E-state index in [4.69, 9.17) is 0 Å². The van der Waals surface area contributed by atoms with Gasteiger partial charge in [-0.1, -0.05) is 19.8 Å². The van der Waals surface area contributed by atoms with Crippen molar-refractivity contribution in [1.29, 1.82) is 0 Å². The second-order valence-corrected chi connectivity index (χ2v) is 5.51. The second-order valence-electron chi connectivity index (χ2n) is 5.51. The van der Waals surface area contributed by atoms with E-state index < -0.39 is 5.97 Å². The maximum Gasteiger partial charge on any atom is 0.337 e. The third-order valence-corrected chi connectivity index (χ3v) is 4.08. The molecule has 21 heavy (non-hydrogen) atoms. The van der Waals surface area contributed by atoms with Crippen LogP contribution in [0.25, 0.3) is 0 Å². The Labute approximate surface area is 124 Å². The molecular weight excluding hydrogens is 272 g/mol. The van der Waals surface area contributed by atoms with Gasteiger partial charge in [-0.15, -0.1) is 0 Å². The van der Waals surface area contributed by atoms with Crippen molar-refractivity contribution in [3.8, 4) is 0 Å². The summed E-state index contributed by atoms with van der Waals surface area (Å²) in [5.74, 6) is -0.0404. The van der Waals surface area contributed by atoms with E-state index in [1.165, 1.54) is 19.6 Å². The number of esters is 1. The van der Waals surface area contributed by atoms with Gasteiger partial charge in [0.25, 0.3) is 0 Å². The number of rotatable bonds is 4. The molecule has 1 aromatic rings. The van der Waals surface area contributed by atoms with Crippen LogP contribution in [0.1, 0.15) is 43.0 Å². The molecule has 1 aliphatic carbocycles. The fourth-order valence-electron chi connectivity index (χ4n) is 2.79. The zero-order valence-corrected chi connectivity index (χ0v) is 12.3. The third kappa shape index (κ3) is 3.65. The Hall–Kier alpha value is -1.79. The highest BCUT2D eigenvalue weighted by Crippen LogP contribution is 2.32. The number of carbonyl (C=O) groups excluding carboxylic acids is 1. The first-order valence-electron chi connectivity index (χ1n) is 7.18. The molecule has 2 N–H and O–H groups in total. The smallest absolute Gasteiger partial charge is 0.337 e. The minimum absolute atomic E-state index is 0.0238. The highest BCUT2D eigenvalue weighted by Gasteiger charge is 2.22.